The van der Waals surface area contributed by atoms with Gasteiger partial charge in [-0.05, 0) is 45.4 Å². The molecule has 6 heteroatoms. The molecule has 0 aliphatic carbocycles. The van der Waals surface area contributed by atoms with Crippen LogP contribution in [0.3, 0.4) is 0 Å². The number of carbonyl (C=O) groups excluding carboxylic acids is 2. The number of anilines is 1. The van der Waals surface area contributed by atoms with E-state index in [0.29, 0.717) is 11.3 Å². The number of esters is 1. The fourth-order valence-corrected chi connectivity index (χ4v) is 1.77. The minimum atomic E-state index is -1.36. The highest BCUT2D eigenvalue weighted by atomic mass is 16.6. The molecular formula is C15H22N2O4. The minimum Gasteiger partial charge on any atom is -0.467 e. The first-order valence-electron chi connectivity index (χ1n) is 6.54. The third kappa shape index (κ3) is 4.37. The predicted molar refractivity (Wildman–Crippen MR) is 79.6 cm³/mol. The van der Waals surface area contributed by atoms with Crippen LogP contribution in [0.4, 0.5) is 10.5 Å². The smallest absolute Gasteiger partial charge is 0.408 e. The molecule has 1 aromatic rings. The van der Waals surface area contributed by atoms with Gasteiger partial charge in [0.2, 0.25) is 0 Å². The highest BCUT2D eigenvalue weighted by Crippen LogP contribution is 2.24. The number of amides is 1. The summed E-state index contributed by atoms with van der Waals surface area (Å²) in [5.41, 5.74) is 4.72. The van der Waals surface area contributed by atoms with Crippen LogP contribution in [0.2, 0.25) is 0 Å². The van der Waals surface area contributed by atoms with Crippen molar-refractivity contribution < 1.29 is 19.1 Å². The number of nitrogens with two attached hydrogens (primary N) is 1. The number of nitrogen functional groups attached to an aromatic ring is 1. The normalized spacial score (nSPS) is 14.0. The minimum absolute atomic E-state index is 0.550. The van der Waals surface area contributed by atoms with Crippen molar-refractivity contribution >= 4 is 17.7 Å². The zero-order valence-electron chi connectivity index (χ0n) is 13.0. The second kappa shape index (κ2) is 6.03. The van der Waals surface area contributed by atoms with E-state index in [0.717, 1.165) is 0 Å². The first kappa shape index (κ1) is 16.8. The van der Waals surface area contributed by atoms with E-state index in [4.69, 9.17) is 15.2 Å². The molecule has 0 spiro atoms. The Labute approximate surface area is 124 Å². The van der Waals surface area contributed by atoms with Gasteiger partial charge in [-0.2, -0.15) is 0 Å². The highest BCUT2D eigenvalue weighted by Gasteiger charge is 2.39. The van der Waals surface area contributed by atoms with Gasteiger partial charge in [0.15, 0.2) is 5.54 Å². The third-order valence-corrected chi connectivity index (χ3v) is 2.83. The largest absolute Gasteiger partial charge is 0.467 e. The fourth-order valence-electron chi connectivity index (χ4n) is 1.77. The maximum Gasteiger partial charge on any atom is 0.408 e. The van der Waals surface area contributed by atoms with Crippen LogP contribution in [0.25, 0.3) is 0 Å². The summed E-state index contributed by atoms with van der Waals surface area (Å²) in [6.45, 7) is 6.77. The average molecular weight is 294 g/mol. The Hall–Kier alpha value is -2.24. The SMILES string of the molecule is COC(=O)C(C)(NC(=O)OC(C)(C)C)c1ccc(N)cc1. The fraction of sp³-hybridized carbons (Fsp3) is 0.467. The third-order valence-electron chi connectivity index (χ3n) is 2.83. The van der Waals surface area contributed by atoms with Crippen LogP contribution in [0, 0.1) is 0 Å². The van der Waals surface area contributed by atoms with E-state index in [1.54, 1.807) is 52.0 Å². The summed E-state index contributed by atoms with van der Waals surface area (Å²) in [6, 6.07) is 6.60. The zero-order chi connectivity index (χ0) is 16.3. The Balaban J connectivity index is 3.08. The number of alkyl carbamates (subject to hydrolysis) is 1. The van der Waals surface area contributed by atoms with Crippen molar-refractivity contribution in [1.82, 2.24) is 5.32 Å². The van der Waals surface area contributed by atoms with Crippen molar-refractivity contribution in [2.45, 2.75) is 38.8 Å². The van der Waals surface area contributed by atoms with E-state index in [-0.39, 0.29) is 0 Å². The molecule has 0 aliphatic rings. The maximum absolute atomic E-state index is 12.1. The molecule has 0 aliphatic heterocycles. The lowest BCUT2D eigenvalue weighted by Crippen LogP contribution is -2.51. The van der Waals surface area contributed by atoms with E-state index < -0.39 is 23.2 Å². The summed E-state index contributed by atoms with van der Waals surface area (Å²) >= 11 is 0. The summed E-state index contributed by atoms with van der Waals surface area (Å²) in [5.74, 6) is -0.599. The Kier molecular flexibility index (Phi) is 4.83. The number of hydrogen-bond acceptors (Lipinski definition) is 5. The van der Waals surface area contributed by atoms with E-state index in [2.05, 4.69) is 5.32 Å². The van der Waals surface area contributed by atoms with Crippen LogP contribution in [-0.4, -0.2) is 24.8 Å². The molecule has 0 heterocycles. The van der Waals surface area contributed by atoms with E-state index in [1.807, 2.05) is 0 Å². The van der Waals surface area contributed by atoms with Crippen LogP contribution >= 0.6 is 0 Å². The quantitative estimate of drug-likeness (QED) is 0.658. The van der Waals surface area contributed by atoms with Crippen LogP contribution in [-0.2, 0) is 19.8 Å². The van der Waals surface area contributed by atoms with Gasteiger partial charge in [-0.3, -0.25) is 0 Å². The van der Waals surface area contributed by atoms with Gasteiger partial charge < -0.3 is 20.5 Å². The Morgan fingerprint density at radius 3 is 2.05 bits per heavy atom. The number of nitrogens with one attached hydrogen (secondary N) is 1. The van der Waals surface area contributed by atoms with Gasteiger partial charge in [0.05, 0.1) is 7.11 Å². The number of carbonyl (C=O) groups is 2. The number of methoxy groups -OCH3 is 1. The molecule has 0 bridgehead atoms. The molecule has 0 saturated carbocycles. The van der Waals surface area contributed by atoms with Crippen molar-refractivity contribution in [3.05, 3.63) is 29.8 Å². The lowest BCUT2D eigenvalue weighted by Gasteiger charge is -2.30. The number of hydrogen-bond donors (Lipinski definition) is 2. The van der Waals surface area contributed by atoms with Crippen LogP contribution in [0.1, 0.15) is 33.3 Å². The van der Waals surface area contributed by atoms with Crippen molar-refractivity contribution in [2.24, 2.45) is 0 Å². The molecule has 1 atom stereocenters. The van der Waals surface area contributed by atoms with E-state index >= 15 is 0 Å². The summed E-state index contributed by atoms with van der Waals surface area (Å²) < 4.78 is 9.98. The van der Waals surface area contributed by atoms with E-state index in [1.165, 1.54) is 7.11 Å². The standard InChI is InChI=1S/C15H22N2O4/c1-14(2,3)21-13(19)17-15(4,12(18)20-5)10-6-8-11(16)9-7-10/h6-9H,16H2,1-5H3,(H,17,19). The van der Waals surface area contributed by atoms with Gasteiger partial charge in [0.25, 0.3) is 0 Å². The molecule has 1 aromatic carbocycles. The van der Waals surface area contributed by atoms with Crippen LogP contribution < -0.4 is 11.1 Å². The van der Waals surface area contributed by atoms with Gasteiger partial charge in [0.1, 0.15) is 5.60 Å². The summed E-state index contributed by atoms with van der Waals surface area (Å²) in [6.07, 6.45) is -0.702. The number of rotatable bonds is 3. The monoisotopic (exact) mass is 294 g/mol. The molecule has 116 valence electrons. The second-order valence-corrected chi connectivity index (χ2v) is 5.87. The summed E-state index contributed by atoms with van der Waals surface area (Å²) in [7, 11) is 1.26. The predicted octanol–water partition coefficient (Wildman–Crippen LogP) is 2.18. The molecule has 3 N–H and O–H groups in total. The molecule has 1 amide bonds. The van der Waals surface area contributed by atoms with Crippen molar-refractivity contribution in [2.75, 3.05) is 12.8 Å². The summed E-state index contributed by atoms with van der Waals surface area (Å²) in [5, 5.41) is 2.56. The molecule has 0 saturated heterocycles. The van der Waals surface area contributed by atoms with Crippen molar-refractivity contribution in [3.63, 3.8) is 0 Å². The van der Waals surface area contributed by atoms with Crippen LogP contribution in [0.15, 0.2) is 24.3 Å². The van der Waals surface area contributed by atoms with Gasteiger partial charge >= 0.3 is 12.1 Å². The first-order valence-corrected chi connectivity index (χ1v) is 6.54. The van der Waals surface area contributed by atoms with Gasteiger partial charge in [-0.25, -0.2) is 9.59 Å². The summed E-state index contributed by atoms with van der Waals surface area (Å²) in [4.78, 5) is 24.1. The zero-order valence-corrected chi connectivity index (χ0v) is 13.0. The van der Waals surface area contributed by atoms with Crippen molar-refractivity contribution in [1.29, 1.82) is 0 Å². The Bertz CT molecular complexity index is 519. The lowest BCUT2D eigenvalue weighted by molar-refractivity contribution is -0.148. The maximum atomic E-state index is 12.1. The molecular weight excluding hydrogens is 272 g/mol. The molecule has 21 heavy (non-hydrogen) atoms. The molecule has 1 unspecified atom stereocenters. The molecule has 1 rings (SSSR count). The molecule has 0 aromatic heterocycles. The van der Waals surface area contributed by atoms with Crippen molar-refractivity contribution in [3.8, 4) is 0 Å². The lowest BCUT2D eigenvalue weighted by atomic mass is 9.92. The van der Waals surface area contributed by atoms with Gasteiger partial charge in [0, 0.05) is 5.69 Å². The topological polar surface area (TPSA) is 90.6 Å². The van der Waals surface area contributed by atoms with E-state index in [9.17, 15) is 9.59 Å². The van der Waals surface area contributed by atoms with Gasteiger partial charge in [-0.15, -0.1) is 0 Å². The molecule has 6 nitrogen and oxygen atoms in total. The Morgan fingerprint density at radius 2 is 1.62 bits per heavy atom. The highest BCUT2D eigenvalue weighted by molar-refractivity contribution is 5.86. The number of ether oxygens (including phenoxy) is 2. The van der Waals surface area contributed by atoms with Gasteiger partial charge in [-0.1, -0.05) is 12.1 Å². The average Bonchev–Trinajstić information content (AvgIpc) is 2.35. The second-order valence-electron chi connectivity index (χ2n) is 5.87. The Morgan fingerprint density at radius 1 is 1.10 bits per heavy atom. The number of benzene rings is 1. The van der Waals surface area contributed by atoms with Crippen LogP contribution in [0.5, 0.6) is 0 Å². The first-order chi connectivity index (χ1) is 9.58. The molecule has 0 radical (unpaired) electrons. The molecule has 0 fully saturated rings.